The molecule has 0 bridgehead atoms. The molecule has 1 rings (SSSR count). The van der Waals surface area contributed by atoms with Crippen LogP contribution >= 0.6 is 23.2 Å². The predicted octanol–water partition coefficient (Wildman–Crippen LogP) is 1.30. The zero-order chi connectivity index (χ0) is 6.69. The van der Waals surface area contributed by atoms with E-state index in [4.69, 9.17) is 23.2 Å². The minimum atomic E-state index is 0.435. The molecule has 0 atom stereocenters. The Bertz CT molecular complexity index is 162. The van der Waals surface area contributed by atoms with E-state index in [2.05, 4.69) is 10.9 Å². The normalized spacial score (nSPS) is 17.1. The second-order valence-electron chi connectivity index (χ2n) is 1.58. The first-order valence-corrected chi connectivity index (χ1v) is 3.38. The van der Waals surface area contributed by atoms with Crippen molar-refractivity contribution >= 4 is 23.2 Å². The average Bonchev–Trinajstić information content (AvgIpc) is 1.89. The first kappa shape index (κ1) is 6.78. The summed E-state index contributed by atoms with van der Waals surface area (Å²) < 4.78 is 0. The standard InChI is InChI=1S/C5H6Cl2N2/c6-1-4-2-8-9-3-5(4)7/h2-3,8-9H,1H2. The lowest BCUT2D eigenvalue weighted by Gasteiger charge is -2.10. The molecular weight excluding hydrogens is 159 g/mol. The maximum atomic E-state index is 5.69. The van der Waals surface area contributed by atoms with E-state index in [9.17, 15) is 0 Å². The van der Waals surface area contributed by atoms with Gasteiger partial charge in [-0.15, -0.1) is 11.6 Å². The summed E-state index contributed by atoms with van der Waals surface area (Å²) >= 11 is 11.2. The van der Waals surface area contributed by atoms with Gasteiger partial charge in [0.1, 0.15) is 0 Å². The second kappa shape index (κ2) is 2.99. The van der Waals surface area contributed by atoms with Gasteiger partial charge in [-0.25, -0.2) is 0 Å². The van der Waals surface area contributed by atoms with Crippen LogP contribution in [0.4, 0.5) is 0 Å². The van der Waals surface area contributed by atoms with Crippen LogP contribution < -0.4 is 10.9 Å². The van der Waals surface area contributed by atoms with Crippen LogP contribution in [0.5, 0.6) is 0 Å². The molecule has 0 aliphatic carbocycles. The molecule has 50 valence electrons. The van der Waals surface area contributed by atoms with Crippen LogP contribution in [0.1, 0.15) is 0 Å². The number of rotatable bonds is 1. The maximum Gasteiger partial charge on any atom is 0.0640 e. The molecule has 2 N–H and O–H groups in total. The van der Waals surface area contributed by atoms with Crippen LogP contribution in [0, 0.1) is 0 Å². The fourth-order valence-corrected chi connectivity index (χ4v) is 0.963. The van der Waals surface area contributed by atoms with Gasteiger partial charge in [0.25, 0.3) is 0 Å². The molecule has 0 spiro atoms. The third-order valence-corrected chi connectivity index (χ3v) is 1.62. The molecule has 0 radical (unpaired) electrons. The molecule has 0 aromatic carbocycles. The fraction of sp³-hybridized carbons (Fsp3) is 0.200. The Morgan fingerprint density at radius 2 is 2.00 bits per heavy atom. The van der Waals surface area contributed by atoms with E-state index in [1.807, 2.05) is 0 Å². The van der Waals surface area contributed by atoms with Crippen molar-refractivity contribution in [2.45, 2.75) is 0 Å². The Morgan fingerprint density at radius 1 is 1.33 bits per heavy atom. The van der Waals surface area contributed by atoms with Gasteiger partial charge < -0.3 is 10.9 Å². The minimum Gasteiger partial charge on any atom is -0.308 e. The van der Waals surface area contributed by atoms with E-state index in [0.717, 1.165) is 5.57 Å². The van der Waals surface area contributed by atoms with Gasteiger partial charge >= 0.3 is 0 Å². The summed E-state index contributed by atoms with van der Waals surface area (Å²) in [5, 5.41) is 0.656. The quantitative estimate of drug-likeness (QED) is 0.572. The molecule has 0 unspecified atom stereocenters. The van der Waals surface area contributed by atoms with Crippen LogP contribution in [0.2, 0.25) is 0 Å². The highest BCUT2D eigenvalue weighted by Gasteiger charge is 2.02. The van der Waals surface area contributed by atoms with Gasteiger partial charge in [0, 0.05) is 18.0 Å². The number of hydrogen-bond acceptors (Lipinski definition) is 2. The first-order valence-electron chi connectivity index (χ1n) is 2.46. The first-order chi connectivity index (χ1) is 4.34. The van der Waals surface area contributed by atoms with Gasteiger partial charge in [0.2, 0.25) is 0 Å². The molecule has 4 heteroatoms. The average molecular weight is 165 g/mol. The largest absolute Gasteiger partial charge is 0.308 e. The summed E-state index contributed by atoms with van der Waals surface area (Å²) in [4.78, 5) is 0. The van der Waals surface area contributed by atoms with E-state index in [-0.39, 0.29) is 0 Å². The lowest BCUT2D eigenvalue weighted by Crippen LogP contribution is -2.25. The van der Waals surface area contributed by atoms with Gasteiger partial charge in [0.15, 0.2) is 0 Å². The fourth-order valence-electron chi connectivity index (χ4n) is 0.498. The summed E-state index contributed by atoms with van der Waals surface area (Å²) in [5.74, 6) is 0.435. The molecule has 9 heavy (non-hydrogen) atoms. The lowest BCUT2D eigenvalue weighted by molar-refractivity contribution is 0.756. The summed E-state index contributed by atoms with van der Waals surface area (Å²) in [6.45, 7) is 0. The molecule has 0 aromatic heterocycles. The number of allylic oxidation sites excluding steroid dienone is 2. The van der Waals surface area contributed by atoms with Crippen LogP contribution in [0.15, 0.2) is 23.0 Å². The Kier molecular flexibility index (Phi) is 2.25. The summed E-state index contributed by atoms with van der Waals surface area (Å²) in [5.41, 5.74) is 6.38. The van der Waals surface area contributed by atoms with E-state index >= 15 is 0 Å². The zero-order valence-electron chi connectivity index (χ0n) is 4.62. The molecule has 0 amide bonds. The summed E-state index contributed by atoms with van der Waals surface area (Å²) in [6.07, 6.45) is 3.38. The number of hydrazine groups is 1. The highest BCUT2D eigenvalue weighted by molar-refractivity contribution is 6.33. The Balaban J connectivity index is 2.68. The molecule has 0 saturated carbocycles. The second-order valence-corrected chi connectivity index (χ2v) is 2.26. The van der Waals surface area contributed by atoms with Crippen LogP contribution in [-0.2, 0) is 0 Å². The van der Waals surface area contributed by atoms with Crippen LogP contribution in [0.3, 0.4) is 0 Å². The SMILES string of the molecule is ClCC1=CNNC=C1Cl. The number of halogens is 2. The molecular formula is C5H6Cl2N2. The van der Waals surface area contributed by atoms with Crippen molar-refractivity contribution in [2.75, 3.05) is 5.88 Å². The van der Waals surface area contributed by atoms with Gasteiger partial charge in [-0.05, 0) is 0 Å². The third-order valence-electron chi connectivity index (χ3n) is 0.979. The van der Waals surface area contributed by atoms with Crippen molar-refractivity contribution in [3.63, 3.8) is 0 Å². The van der Waals surface area contributed by atoms with Crippen molar-refractivity contribution < 1.29 is 0 Å². The zero-order valence-corrected chi connectivity index (χ0v) is 6.13. The molecule has 2 nitrogen and oxygen atoms in total. The minimum absolute atomic E-state index is 0.435. The third kappa shape index (κ3) is 1.53. The van der Waals surface area contributed by atoms with Crippen molar-refractivity contribution in [1.82, 2.24) is 10.9 Å². The van der Waals surface area contributed by atoms with Gasteiger partial charge in [0.05, 0.1) is 10.9 Å². The summed E-state index contributed by atoms with van der Waals surface area (Å²) in [6, 6.07) is 0. The van der Waals surface area contributed by atoms with Crippen LogP contribution in [0.25, 0.3) is 0 Å². The topological polar surface area (TPSA) is 24.1 Å². The number of alkyl halides is 1. The van der Waals surface area contributed by atoms with Gasteiger partial charge in [-0.3, -0.25) is 0 Å². The molecule has 1 heterocycles. The predicted molar refractivity (Wildman–Crippen MR) is 39.0 cm³/mol. The highest BCUT2D eigenvalue weighted by Crippen LogP contribution is 2.15. The van der Waals surface area contributed by atoms with Crippen molar-refractivity contribution in [1.29, 1.82) is 0 Å². The van der Waals surface area contributed by atoms with Gasteiger partial charge in [-0.2, -0.15) is 0 Å². The van der Waals surface area contributed by atoms with Crippen LogP contribution in [-0.4, -0.2) is 5.88 Å². The molecule has 0 aromatic rings. The molecule has 1 aliphatic heterocycles. The van der Waals surface area contributed by atoms with E-state index in [1.54, 1.807) is 12.4 Å². The lowest BCUT2D eigenvalue weighted by atomic mass is 10.3. The summed E-state index contributed by atoms with van der Waals surface area (Å²) in [7, 11) is 0. The Morgan fingerprint density at radius 3 is 2.44 bits per heavy atom. The smallest absolute Gasteiger partial charge is 0.0640 e. The number of nitrogens with one attached hydrogen (secondary N) is 2. The highest BCUT2D eigenvalue weighted by atomic mass is 35.5. The Hall–Kier alpha value is -0.340. The van der Waals surface area contributed by atoms with Crippen molar-refractivity contribution in [3.05, 3.63) is 23.0 Å². The Labute approximate surface area is 63.5 Å². The van der Waals surface area contributed by atoms with E-state index < -0.39 is 0 Å². The number of hydrogen-bond donors (Lipinski definition) is 2. The van der Waals surface area contributed by atoms with Gasteiger partial charge in [-0.1, -0.05) is 11.6 Å². The maximum absolute atomic E-state index is 5.69. The van der Waals surface area contributed by atoms with E-state index in [0.29, 0.717) is 10.9 Å². The van der Waals surface area contributed by atoms with Crippen molar-refractivity contribution in [2.24, 2.45) is 0 Å². The van der Waals surface area contributed by atoms with E-state index in [1.165, 1.54) is 0 Å². The van der Waals surface area contributed by atoms with Crippen molar-refractivity contribution in [3.8, 4) is 0 Å². The molecule has 0 saturated heterocycles. The monoisotopic (exact) mass is 164 g/mol. The molecule has 1 aliphatic rings. The molecule has 0 fully saturated rings.